The molecule has 0 aliphatic carbocycles. The van der Waals surface area contributed by atoms with Crippen molar-refractivity contribution in [3.8, 4) is 0 Å². The summed E-state index contributed by atoms with van der Waals surface area (Å²) in [7, 11) is 1.41. The zero-order valence-electron chi connectivity index (χ0n) is 7.83. The highest BCUT2D eigenvalue weighted by Crippen LogP contribution is 2.21. The Kier molecular flexibility index (Phi) is 5.04. The number of rotatable bonds is 4. The van der Waals surface area contributed by atoms with Crippen LogP contribution in [0.5, 0.6) is 0 Å². The predicted octanol–water partition coefficient (Wildman–Crippen LogP) is 3.10. The molecule has 0 aliphatic rings. The number of ether oxygens (including phenoxy) is 1. The van der Waals surface area contributed by atoms with Gasteiger partial charge in [-0.3, -0.25) is 4.79 Å². The fourth-order valence-electron chi connectivity index (χ4n) is 0.885. The van der Waals surface area contributed by atoms with Gasteiger partial charge in [0.2, 0.25) is 0 Å². The van der Waals surface area contributed by atoms with E-state index >= 15 is 0 Å². The molecular weight excluding hydrogens is 264 g/mol. The van der Waals surface area contributed by atoms with Crippen LogP contribution in [-0.2, 0) is 9.53 Å². The summed E-state index contributed by atoms with van der Waals surface area (Å²) in [5.41, 5.74) is 0. The second-order valence-electron chi connectivity index (χ2n) is 2.63. The number of hydrogen-bond donors (Lipinski definition) is 0. The van der Waals surface area contributed by atoms with Crippen molar-refractivity contribution < 1.29 is 9.53 Å². The topological polar surface area (TPSA) is 26.3 Å². The quantitative estimate of drug-likeness (QED) is 0.624. The second-order valence-corrected chi connectivity index (χ2v) is 4.71. The molecule has 0 radical (unpaired) electrons. The Morgan fingerprint density at radius 2 is 2.07 bits per heavy atom. The lowest BCUT2D eigenvalue weighted by molar-refractivity contribution is -0.140. The Bertz CT molecular complexity index is 297. The van der Waals surface area contributed by atoms with Crippen molar-refractivity contribution in [1.29, 1.82) is 0 Å². The highest BCUT2D eigenvalue weighted by atomic mass is 79.9. The zero-order chi connectivity index (χ0) is 10.4. The molecule has 0 saturated heterocycles. The van der Waals surface area contributed by atoms with Crippen LogP contribution in [0.3, 0.4) is 0 Å². The van der Waals surface area contributed by atoms with E-state index in [0.29, 0.717) is 6.42 Å². The minimum absolute atomic E-state index is 0.158. The van der Waals surface area contributed by atoms with Crippen LogP contribution in [0.4, 0.5) is 0 Å². The molecule has 0 spiro atoms. The van der Waals surface area contributed by atoms with E-state index in [9.17, 15) is 4.79 Å². The van der Waals surface area contributed by atoms with Crippen molar-refractivity contribution in [1.82, 2.24) is 0 Å². The number of carbonyl (C=O) groups is 1. The van der Waals surface area contributed by atoms with E-state index in [1.165, 1.54) is 7.11 Å². The predicted molar refractivity (Wildman–Crippen MR) is 61.5 cm³/mol. The Hall–Kier alpha value is -0.480. The first kappa shape index (κ1) is 11.6. The largest absolute Gasteiger partial charge is 0.469 e. The van der Waals surface area contributed by atoms with Crippen LogP contribution in [0.15, 0.2) is 33.6 Å². The van der Waals surface area contributed by atoms with Gasteiger partial charge in [0, 0.05) is 15.1 Å². The molecule has 0 N–H and O–H groups in total. The lowest BCUT2D eigenvalue weighted by Crippen LogP contribution is -2.00. The molecule has 0 aliphatic heterocycles. The number of carbonyl (C=O) groups excluding carboxylic acids is 1. The van der Waals surface area contributed by atoms with Gasteiger partial charge in [0.1, 0.15) is 0 Å². The molecule has 0 unspecified atom stereocenters. The third-order valence-corrected chi connectivity index (χ3v) is 3.16. The molecule has 0 amide bonds. The van der Waals surface area contributed by atoms with E-state index in [-0.39, 0.29) is 5.97 Å². The first-order chi connectivity index (χ1) is 6.72. The Morgan fingerprint density at radius 3 is 2.64 bits per heavy atom. The van der Waals surface area contributed by atoms with E-state index in [4.69, 9.17) is 0 Å². The molecular formula is C10H11BrO2S. The number of thioether (sulfide) groups is 1. The van der Waals surface area contributed by atoms with Crippen LogP contribution in [0.25, 0.3) is 0 Å². The third kappa shape index (κ3) is 4.15. The van der Waals surface area contributed by atoms with Crippen molar-refractivity contribution in [2.24, 2.45) is 0 Å². The lowest BCUT2D eigenvalue weighted by atomic mass is 10.4. The van der Waals surface area contributed by atoms with Crippen molar-refractivity contribution in [3.63, 3.8) is 0 Å². The summed E-state index contributed by atoms with van der Waals surface area (Å²) in [6.45, 7) is 0. The number of hydrogen-bond acceptors (Lipinski definition) is 3. The van der Waals surface area contributed by atoms with Gasteiger partial charge in [0.05, 0.1) is 13.5 Å². The zero-order valence-corrected chi connectivity index (χ0v) is 10.2. The molecule has 1 aromatic rings. The minimum Gasteiger partial charge on any atom is -0.469 e. The summed E-state index contributed by atoms with van der Waals surface area (Å²) < 4.78 is 5.61. The van der Waals surface area contributed by atoms with E-state index in [1.54, 1.807) is 11.8 Å². The fraction of sp³-hybridized carbons (Fsp3) is 0.300. The number of methoxy groups -OCH3 is 1. The summed E-state index contributed by atoms with van der Waals surface area (Å²) in [5, 5.41) is 0. The molecule has 0 fully saturated rings. The molecule has 1 aromatic carbocycles. The van der Waals surface area contributed by atoms with Crippen LogP contribution < -0.4 is 0 Å². The summed E-state index contributed by atoms with van der Waals surface area (Å²) in [6, 6.07) is 8.01. The maximum atomic E-state index is 10.8. The van der Waals surface area contributed by atoms with E-state index < -0.39 is 0 Å². The molecule has 0 bridgehead atoms. The summed E-state index contributed by atoms with van der Waals surface area (Å²) in [6.07, 6.45) is 0.456. The molecule has 0 heterocycles. The Morgan fingerprint density at radius 1 is 1.43 bits per heavy atom. The Labute approximate surface area is 96.2 Å². The van der Waals surface area contributed by atoms with Gasteiger partial charge in [-0.05, 0) is 24.3 Å². The van der Waals surface area contributed by atoms with Crippen molar-refractivity contribution >= 4 is 33.7 Å². The maximum absolute atomic E-state index is 10.8. The van der Waals surface area contributed by atoms with Gasteiger partial charge in [-0.25, -0.2) is 0 Å². The standard InChI is InChI=1S/C10H11BrO2S/c1-13-10(12)6-7-14-9-4-2-8(11)3-5-9/h2-5H,6-7H2,1H3. The molecule has 14 heavy (non-hydrogen) atoms. The molecule has 0 aromatic heterocycles. The smallest absolute Gasteiger partial charge is 0.306 e. The van der Waals surface area contributed by atoms with Crippen molar-refractivity contribution in [2.45, 2.75) is 11.3 Å². The maximum Gasteiger partial charge on any atom is 0.306 e. The molecule has 4 heteroatoms. The van der Waals surface area contributed by atoms with E-state index in [1.807, 2.05) is 24.3 Å². The number of halogens is 1. The first-order valence-electron chi connectivity index (χ1n) is 4.17. The van der Waals surface area contributed by atoms with Crippen LogP contribution in [-0.4, -0.2) is 18.8 Å². The summed E-state index contributed by atoms with van der Waals surface area (Å²) >= 11 is 5.02. The highest BCUT2D eigenvalue weighted by Gasteiger charge is 2.00. The summed E-state index contributed by atoms with van der Waals surface area (Å²) in [4.78, 5) is 12.0. The first-order valence-corrected chi connectivity index (χ1v) is 5.95. The van der Waals surface area contributed by atoms with Crippen molar-refractivity contribution in [2.75, 3.05) is 12.9 Å². The van der Waals surface area contributed by atoms with Gasteiger partial charge in [-0.15, -0.1) is 11.8 Å². The highest BCUT2D eigenvalue weighted by molar-refractivity contribution is 9.10. The van der Waals surface area contributed by atoms with Crippen LogP contribution in [0.1, 0.15) is 6.42 Å². The summed E-state index contributed by atoms with van der Waals surface area (Å²) in [5.74, 6) is 0.600. The monoisotopic (exact) mass is 274 g/mol. The average molecular weight is 275 g/mol. The lowest BCUT2D eigenvalue weighted by Gasteiger charge is -2.00. The van der Waals surface area contributed by atoms with Gasteiger partial charge < -0.3 is 4.74 Å². The number of esters is 1. The molecule has 2 nitrogen and oxygen atoms in total. The molecule has 0 atom stereocenters. The SMILES string of the molecule is COC(=O)CCSc1ccc(Br)cc1. The van der Waals surface area contributed by atoms with Gasteiger partial charge in [-0.1, -0.05) is 15.9 Å². The number of benzene rings is 1. The van der Waals surface area contributed by atoms with Gasteiger partial charge in [-0.2, -0.15) is 0 Å². The molecule has 1 rings (SSSR count). The second kappa shape index (κ2) is 6.09. The van der Waals surface area contributed by atoms with Gasteiger partial charge in [0.25, 0.3) is 0 Å². The minimum atomic E-state index is -0.158. The van der Waals surface area contributed by atoms with Crippen LogP contribution >= 0.6 is 27.7 Å². The third-order valence-electron chi connectivity index (χ3n) is 1.62. The van der Waals surface area contributed by atoms with E-state index in [0.717, 1.165) is 15.1 Å². The normalized spacial score (nSPS) is 9.86. The van der Waals surface area contributed by atoms with Crippen LogP contribution in [0.2, 0.25) is 0 Å². The van der Waals surface area contributed by atoms with Gasteiger partial charge in [0.15, 0.2) is 0 Å². The fourth-order valence-corrected chi connectivity index (χ4v) is 1.98. The molecule has 76 valence electrons. The average Bonchev–Trinajstić information content (AvgIpc) is 2.21. The van der Waals surface area contributed by atoms with Gasteiger partial charge >= 0.3 is 5.97 Å². The van der Waals surface area contributed by atoms with Crippen molar-refractivity contribution in [3.05, 3.63) is 28.7 Å². The Balaban J connectivity index is 2.31. The van der Waals surface area contributed by atoms with Crippen LogP contribution in [0, 0.1) is 0 Å². The van der Waals surface area contributed by atoms with E-state index in [2.05, 4.69) is 20.7 Å². The molecule has 0 saturated carbocycles.